The third-order valence-corrected chi connectivity index (χ3v) is 6.89. The molecule has 0 radical (unpaired) electrons. The number of hydrogen-bond donors (Lipinski definition) is 2. The second-order valence-electron chi connectivity index (χ2n) is 7.30. The minimum absolute atomic E-state index is 0.135. The lowest BCUT2D eigenvalue weighted by Crippen LogP contribution is -2.42. The molecule has 0 saturated carbocycles. The van der Waals surface area contributed by atoms with E-state index in [0.717, 1.165) is 28.0 Å². The second kappa shape index (κ2) is 7.57. The van der Waals surface area contributed by atoms with E-state index in [4.69, 9.17) is 0 Å². The summed E-state index contributed by atoms with van der Waals surface area (Å²) in [5.74, 6) is -0.847. The summed E-state index contributed by atoms with van der Waals surface area (Å²) in [7, 11) is -3.31. The summed E-state index contributed by atoms with van der Waals surface area (Å²) in [5.41, 5.74) is 3.52. The molecule has 2 atom stereocenters. The molecule has 0 aliphatic carbocycles. The van der Waals surface area contributed by atoms with Crippen molar-refractivity contribution in [3.05, 3.63) is 48.4 Å². The largest absolute Gasteiger partial charge is 0.390 e. The fraction of sp³-hybridized carbons (Fsp3) is 0.350. The van der Waals surface area contributed by atoms with Crippen molar-refractivity contribution in [2.24, 2.45) is 0 Å². The van der Waals surface area contributed by atoms with Crippen molar-refractivity contribution in [2.75, 3.05) is 11.5 Å². The number of amides is 1. The molecule has 0 spiro atoms. The molecule has 9 heteroatoms. The number of sulfone groups is 1. The van der Waals surface area contributed by atoms with Gasteiger partial charge < -0.3 is 15.0 Å². The molecule has 1 amide bonds. The normalized spacial score (nSPS) is 20.8. The monoisotopic (exact) mass is 414 g/mol. The highest BCUT2D eigenvalue weighted by atomic mass is 32.2. The molecule has 1 aliphatic heterocycles. The number of aryl methyl sites for hydroxylation is 2. The number of fused-ring (bicyclic) bond motifs is 1. The highest BCUT2D eigenvalue weighted by molar-refractivity contribution is 7.91. The van der Waals surface area contributed by atoms with Crippen LogP contribution in [0.4, 0.5) is 0 Å². The first-order valence-corrected chi connectivity index (χ1v) is 11.2. The van der Waals surface area contributed by atoms with Gasteiger partial charge in [0, 0.05) is 42.0 Å². The zero-order valence-electron chi connectivity index (χ0n) is 15.9. The van der Waals surface area contributed by atoms with Crippen molar-refractivity contribution >= 4 is 26.8 Å². The van der Waals surface area contributed by atoms with Gasteiger partial charge in [0.05, 0.1) is 29.3 Å². The highest BCUT2D eigenvalue weighted by Crippen LogP contribution is 2.29. The van der Waals surface area contributed by atoms with E-state index in [1.807, 2.05) is 41.8 Å². The SMILES string of the molecule is Cc1ncccc1-c1cc2cccnc2n1CCC(=O)N[C@H]1CS(=O)(=O)C[C@@H]1O. The van der Waals surface area contributed by atoms with Crippen LogP contribution in [-0.2, 0) is 21.2 Å². The van der Waals surface area contributed by atoms with E-state index in [9.17, 15) is 18.3 Å². The van der Waals surface area contributed by atoms with Crippen LogP contribution in [0.1, 0.15) is 12.1 Å². The number of carbonyl (C=O) groups excluding carboxylic acids is 1. The molecule has 0 bridgehead atoms. The smallest absolute Gasteiger partial charge is 0.222 e. The third-order valence-electron chi connectivity index (χ3n) is 5.17. The molecule has 29 heavy (non-hydrogen) atoms. The van der Waals surface area contributed by atoms with Crippen LogP contribution in [-0.4, -0.2) is 57.6 Å². The Labute approximate surface area is 168 Å². The van der Waals surface area contributed by atoms with E-state index in [0.29, 0.717) is 6.54 Å². The molecule has 152 valence electrons. The van der Waals surface area contributed by atoms with Gasteiger partial charge in [0.2, 0.25) is 5.91 Å². The quantitative estimate of drug-likeness (QED) is 0.646. The second-order valence-corrected chi connectivity index (χ2v) is 9.46. The van der Waals surface area contributed by atoms with E-state index in [1.54, 1.807) is 12.4 Å². The molecule has 4 rings (SSSR count). The first-order chi connectivity index (χ1) is 13.8. The maximum absolute atomic E-state index is 12.4. The molecule has 0 unspecified atom stereocenters. The van der Waals surface area contributed by atoms with Crippen LogP contribution in [0.25, 0.3) is 22.3 Å². The van der Waals surface area contributed by atoms with Gasteiger partial charge >= 0.3 is 0 Å². The number of aliphatic hydroxyl groups is 1. The number of carbonyl (C=O) groups is 1. The van der Waals surface area contributed by atoms with E-state index < -0.39 is 22.0 Å². The highest BCUT2D eigenvalue weighted by Gasteiger charge is 2.37. The molecule has 0 aromatic carbocycles. The molecule has 1 fully saturated rings. The van der Waals surface area contributed by atoms with Crippen molar-refractivity contribution in [1.82, 2.24) is 19.9 Å². The van der Waals surface area contributed by atoms with Crippen LogP contribution in [0.2, 0.25) is 0 Å². The summed E-state index contributed by atoms with van der Waals surface area (Å²) in [5, 5.41) is 13.5. The van der Waals surface area contributed by atoms with E-state index in [1.165, 1.54) is 0 Å². The van der Waals surface area contributed by atoms with E-state index in [2.05, 4.69) is 15.3 Å². The van der Waals surface area contributed by atoms with Gasteiger partial charge in [-0.15, -0.1) is 0 Å². The Balaban J connectivity index is 1.57. The molecule has 2 N–H and O–H groups in total. The lowest BCUT2D eigenvalue weighted by atomic mass is 10.1. The number of hydrogen-bond acceptors (Lipinski definition) is 6. The van der Waals surface area contributed by atoms with Crippen molar-refractivity contribution in [3.63, 3.8) is 0 Å². The Bertz CT molecular complexity index is 1170. The number of nitrogens with zero attached hydrogens (tertiary/aromatic N) is 3. The fourth-order valence-electron chi connectivity index (χ4n) is 3.75. The number of aromatic nitrogens is 3. The summed E-state index contributed by atoms with van der Waals surface area (Å²) >= 11 is 0. The summed E-state index contributed by atoms with van der Waals surface area (Å²) < 4.78 is 25.2. The maximum atomic E-state index is 12.4. The molecule has 3 aromatic rings. The van der Waals surface area contributed by atoms with Crippen LogP contribution in [0.15, 0.2) is 42.7 Å². The van der Waals surface area contributed by atoms with Gasteiger partial charge in [0.1, 0.15) is 5.65 Å². The fourth-order valence-corrected chi connectivity index (χ4v) is 5.49. The minimum atomic E-state index is -3.31. The van der Waals surface area contributed by atoms with Crippen LogP contribution in [0, 0.1) is 6.92 Å². The predicted molar refractivity (Wildman–Crippen MR) is 109 cm³/mol. The number of pyridine rings is 2. The Kier molecular flexibility index (Phi) is 5.10. The first kappa shape index (κ1) is 19.5. The lowest BCUT2D eigenvalue weighted by molar-refractivity contribution is -0.122. The zero-order valence-corrected chi connectivity index (χ0v) is 16.8. The van der Waals surface area contributed by atoms with Gasteiger partial charge in [-0.2, -0.15) is 0 Å². The standard InChI is InChI=1S/C20H22N4O4S/c1-13-15(5-3-7-21-13)17-10-14-4-2-8-22-20(14)24(17)9-6-19(26)23-16-11-29(27,28)12-18(16)25/h2-5,7-8,10,16,18,25H,6,9,11-12H2,1H3,(H,23,26)/t16-,18-/m0/s1. The molecule has 4 heterocycles. The zero-order chi connectivity index (χ0) is 20.6. The summed E-state index contributed by atoms with van der Waals surface area (Å²) in [4.78, 5) is 21.3. The average Bonchev–Trinajstić information content (AvgIpc) is 3.16. The number of nitrogens with one attached hydrogen (secondary N) is 1. The first-order valence-electron chi connectivity index (χ1n) is 9.38. The molecular weight excluding hydrogens is 392 g/mol. The Morgan fingerprint density at radius 3 is 2.72 bits per heavy atom. The Morgan fingerprint density at radius 2 is 2.00 bits per heavy atom. The van der Waals surface area contributed by atoms with Gasteiger partial charge in [-0.25, -0.2) is 13.4 Å². The van der Waals surface area contributed by atoms with Crippen molar-refractivity contribution < 1.29 is 18.3 Å². The molecule has 3 aromatic heterocycles. The van der Waals surface area contributed by atoms with Crippen LogP contribution >= 0.6 is 0 Å². The third kappa shape index (κ3) is 4.01. The van der Waals surface area contributed by atoms with Crippen molar-refractivity contribution in [3.8, 4) is 11.3 Å². The average molecular weight is 414 g/mol. The summed E-state index contributed by atoms with van der Waals surface area (Å²) in [6.45, 7) is 2.30. The van der Waals surface area contributed by atoms with Gasteiger partial charge in [-0.3, -0.25) is 9.78 Å². The number of aliphatic hydroxyl groups excluding tert-OH is 1. The molecule has 8 nitrogen and oxygen atoms in total. The van der Waals surface area contributed by atoms with E-state index in [-0.39, 0.29) is 23.8 Å². The summed E-state index contributed by atoms with van der Waals surface area (Å²) in [6, 6.07) is 8.94. The minimum Gasteiger partial charge on any atom is -0.390 e. The molecule has 1 aliphatic rings. The summed E-state index contributed by atoms with van der Waals surface area (Å²) in [6.07, 6.45) is 2.51. The maximum Gasteiger partial charge on any atom is 0.222 e. The molecular formula is C20H22N4O4S. The van der Waals surface area contributed by atoms with Gasteiger partial charge in [0.15, 0.2) is 9.84 Å². The Morgan fingerprint density at radius 1 is 1.24 bits per heavy atom. The van der Waals surface area contributed by atoms with Gasteiger partial charge in [-0.05, 0) is 37.3 Å². The van der Waals surface area contributed by atoms with Crippen LogP contribution in [0.5, 0.6) is 0 Å². The van der Waals surface area contributed by atoms with Gasteiger partial charge in [-0.1, -0.05) is 0 Å². The number of rotatable bonds is 5. The molecule has 1 saturated heterocycles. The van der Waals surface area contributed by atoms with Crippen molar-refractivity contribution in [2.45, 2.75) is 32.0 Å². The van der Waals surface area contributed by atoms with E-state index >= 15 is 0 Å². The lowest BCUT2D eigenvalue weighted by Gasteiger charge is -2.16. The Hall–Kier alpha value is -2.78. The van der Waals surface area contributed by atoms with Crippen LogP contribution < -0.4 is 5.32 Å². The van der Waals surface area contributed by atoms with Gasteiger partial charge in [0.25, 0.3) is 0 Å². The topological polar surface area (TPSA) is 114 Å². The van der Waals surface area contributed by atoms with Crippen molar-refractivity contribution in [1.29, 1.82) is 0 Å². The van der Waals surface area contributed by atoms with Crippen LogP contribution in [0.3, 0.4) is 0 Å². The predicted octanol–water partition coefficient (Wildman–Crippen LogP) is 1.07.